The number of carbonyl (C=O) groups is 1. The van der Waals surface area contributed by atoms with Gasteiger partial charge in [-0.3, -0.25) is 14.5 Å². The van der Waals surface area contributed by atoms with Crippen molar-refractivity contribution in [2.24, 2.45) is 0 Å². The molecule has 3 saturated heterocycles. The van der Waals surface area contributed by atoms with Gasteiger partial charge in [-0.25, -0.2) is 15.0 Å². The zero-order chi connectivity index (χ0) is 33.9. The number of hydrogen-bond acceptors (Lipinski definition) is 10. The van der Waals surface area contributed by atoms with Gasteiger partial charge in [0.2, 0.25) is 5.91 Å². The molecule has 0 spiro atoms. The predicted molar refractivity (Wildman–Crippen MR) is 194 cm³/mol. The fourth-order valence-electron chi connectivity index (χ4n) is 7.56. The molecule has 3 aromatic carbocycles. The van der Waals surface area contributed by atoms with Crippen LogP contribution >= 0.6 is 0 Å². The molecule has 11 nitrogen and oxygen atoms in total. The topological polar surface area (TPSA) is 104 Å². The van der Waals surface area contributed by atoms with Crippen LogP contribution in [0.1, 0.15) is 44.7 Å². The Morgan fingerprint density at radius 3 is 2.53 bits per heavy atom. The fraction of sp³-hybridized carbons (Fsp3) is 0.395. The molecule has 256 valence electrons. The van der Waals surface area contributed by atoms with Gasteiger partial charge in [-0.1, -0.05) is 49.0 Å². The van der Waals surface area contributed by atoms with Crippen molar-refractivity contribution in [2.75, 3.05) is 60.5 Å². The number of ether oxygens (including phenoxy) is 2. The largest absolute Gasteiger partial charge is 0.494 e. The molecular weight excluding hydrogens is 618 g/mol. The van der Waals surface area contributed by atoms with E-state index in [4.69, 9.17) is 14.3 Å². The maximum Gasteiger partial charge on any atom is 0.247 e. The summed E-state index contributed by atoms with van der Waals surface area (Å²) >= 11 is 0. The van der Waals surface area contributed by atoms with Crippen molar-refractivity contribution in [1.82, 2.24) is 14.9 Å². The summed E-state index contributed by atoms with van der Waals surface area (Å²) in [5.41, 5.74) is 3.44. The Labute approximate surface area is 287 Å². The monoisotopic (exact) mass is 663 g/mol. The molecule has 3 fully saturated rings. The molecule has 0 bridgehead atoms. The highest BCUT2D eigenvalue weighted by molar-refractivity contribution is 6.02. The Hall–Kier alpha value is -4.71. The molecular formula is C38H45N7O4. The van der Waals surface area contributed by atoms with E-state index in [2.05, 4.69) is 93.3 Å². The second-order valence-corrected chi connectivity index (χ2v) is 13.1. The number of methoxy groups -OCH3 is 1. The van der Waals surface area contributed by atoms with Gasteiger partial charge in [0.25, 0.3) is 0 Å². The van der Waals surface area contributed by atoms with Crippen molar-refractivity contribution in [3.63, 3.8) is 0 Å². The van der Waals surface area contributed by atoms with Crippen molar-refractivity contribution in [2.45, 2.75) is 57.4 Å². The first-order valence-electron chi connectivity index (χ1n) is 17.2. The van der Waals surface area contributed by atoms with Gasteiger partial charge in [0.15, 0.2) is 5.82 Å². The smallest absolute Gasteiger partial charge is 0.247 e. The van der Waals surface area contributed by atoms with Crippen LogP contribution in [0.15, 0.2) is 79.6 Å². The van der Waals surface area contributed by atoms with Gasteiger partial charge in [0.1, 0.15) is 17.9 Å². The Morgan fingerprint density at radius 2 is 1.76 bits per heavy atom. The number of benzene rings is 3. The first-order valence-corrected chi connectivity index (χ1v) is 17.2. The average Bonchev–Trinajstić information content (AvgIpc) is 3.61. The van der Waals surface area contributed by atoms with E-state index in [0.29, 0.717) is 41.4 Å². The molecule has 3 aliphatic rings. The number of hydroxylamine groups is 1. The van der Waals surface area contributed by atoms with Gasteiger partial charge in [-0.05, 0) is 55.2 Å². The Kier molecular flexibility index (Phi) is 9.65. The minimum Gasteiger partial charge on any atom is -0.494 e. The van der Waals surface area contributed by atoms with E-state index in [1.54, 1.807) is 7.11 Å². The van der Waals surface area contributed by atoms with E-state index >= 15 is 0 Å². The lowest BCUT2D eigenvalue weighted by Gasteiger charge is -2.44. The van der Waals surface area contributed by atoms with E-state index in [-0.39, 0.29) is 24.2 Å². The van der Waals surface area contributed by atoms with E-state index in [0.717, 1.165) is 51.1 Å². The summed E-state index contributed by atoms with van der Waals surface area (Å²) in [6.45, 7) is 12.2. The third-order valence-electron chi connectivity index (χ3n) is 9.76. The van der Waals surface area contributed by atoms with Gasteiger partial charge in [0, 0.05) is 50.8 Å². The lowest BCUT2D eigenvalue weighted by Crippen LogP contribution is -2.53. The number of morpholine rings is 1. The summed E-state index contributed by atoms with van der Waals surface area (Å²) in [7, 11) is 1.65. The molecule has 0 saturated carbocycles. The van der Waals surface area contributed by atoms with Gasteiger partial charge >= 0.3 is 0 Å². The standard InChI is InChI=1S/C38H45N7O4/c1-5-38(46)42-31-19-32(35(47-4)20-34(31)43-16-13-28(14-17-43)44-22-25(2)49-26(3)23-44)41-36-21-37(40-24-39-36)45-33(15-18-48-45)30-12-8-10-27-9-6-7-11-29(27)30/h5-12,19-21,24-26,28,33H,1,13-18,22-23H2,2-4H3,(H,42,46)(H,39,40,41)/t25-,26+,33?. The van der Waals surface area contributed by atoms with Crippen molar-refractivity contribution < 1.29 is 19.1 Å². The van der Waals surface area contributed by atoms with E-state index in [1.165, 1.54) is 28.7 Å². The van der Waals surface area contributed by atoms with Crippen LogP contribution in [-0.2, 0) is 14.4 Å². The molecule has 1 unspecified atom stereocenters. The number of hydrogen-bond donors (Lipinski definition) is 2. The first-order chi connectivity index (χ1) is 23.9. The molecule has 1 aromatic heterocycles. The number of piperidine rings is 1. The lowest BCUT2D eigenvalue weighted by molar-refractivity contribution is -0.111. The summed E-state index contributed by atoms with van der Waals surface area (Å²) in [4.78, 5) is 32.8. The third kappa shape index (κ3) is 7.05. The van der Waals surface area contributed by atoms with Crippen molar-refractivity contribution in [1.29, 1.82) is 0 Å². The maximum absolute atomic E-state index is 12.6. The summed E-state index contributed by atoms with van der Waals surface area (Å²) in [6.07, 6.45) is 6.19. The number of carbonyl (C=O) groups excluding carboxylic acids is 1. The zero-order valence-electron chi connectivity index (χ0n) is 28.5. The van der Waals surface area contributed by atoms with Gasteiger partial charge in [0.05, 0.1) is 49.0 Å². The lowest BCUT2D eigenvalue weighted by atomic mass is 9.97. The second kappa shape index (κ2) is 14.4. The molecule has 11 heteroatoms. The van der Waals surface area contributed by atoms with Crippen LogP contribution in [0.2, 0.25) is 0 Å². The Balaban J connectivity index is 1.13. The van der Waals surface area contributed by atoms with Crippen LogP contribution < -0.4 is 25.3 Å². The number of aromatic nitrogens is 2. The Morgan fingerprint density at radius 1 is 0.980 bits per heavy atom. The van der Waals surface area contributed by atoms with E-state index in [1.807, 2.05) is 23.3 Å². The molecule has 3 atom stereocenters. The number of fused-ring (bicyclic) bond motifs is 1. The van der Waals surface area contributed by atoms with Crippen LogP contribution in [0.25, 0.3) is 10.8 Å². The fourth-order valence-corrected chi connectivity index (χ4v) is 7.56. The molecule has 4 aromatic rings. The summed E-state index contributed by atoms with van der Waals surface area (Å²) in [5.74, 6) is 1.57. The molecule has 7 rings (SSSR count). The van der Waals surface area contributed by atoms with Crippen LogP contribution in [0.3, 0.4) is 0 Å². The quantitative estimate of drug-likeness (QED) is 0.194. The van der Waals surface area contributed by atoms with Crippen LogP contribution in [-0.4, -0.2) is 78.9 Å². The minimum atomic E-state index is -0.279. The molecule has 0 aliphatic carbocycles. The molecule has 1 amide bonds. The van der Waals surface area contributed by atoms with E-state index < -0.39 is 0 Å². The summed E-state index contributed by atoms with van der Waals surface area (Å²) < 4.78 is 11.9. The number of amides is 1. The molecule has 2 N–H and O–H groups in total. The molecule has 0 radical (unpaired) electrons. The van der Waals surface area contributed by atoms with Crippen LogP contribution in [0.4, 0.5) is 28.7 Å². The maximum atomic E-state index is 12.6. The highest BCUT2D eigenvalue weighted by Crippen LogP contribution is 2.41. The van der Waals surface area contributed by atoms with Gasteiger partial charge in [-0.15, -0.1) is 0 Å². The van der Waals surface area contributed by atoms with Crippen molar-refractivity contribution in [3.8, 4) is 5.75 Å². The Bertz CT molecular complexity index is 1800. The SMILES string of the molecule is C=CC(=O)Nc1cc(Nc2cc(N3OCCC3c3cccc4ccccc34)ncn2)c(OC)cc1N1CCC(N2C[C@@H](C)O[C@@H](C)C2)CC1. The normalized spacial score (nSPS) is 21.9. The van der Waals surface area contributed by atoms with Crippen LogP contribution in [0.5, 0.6) is 5.75 Å². The number of nitrogens with one attached hydrogen (secondary N) is 2. The van der Waals surface area contributed by atoms with Crippen molar-refractivity contribution >= 4 is 45.4 Å². The highest BCUT2D eigenvalue weighted by Gasteiger charge is 2.32. The van der Waals surface area contributed by atoms with Crippen LogP contribution in [0, 0.1) is 0 Å². The minimum absolute atomic E-state index is 0.00239. The molecule has 3 aliphatic heterocycles. The van der Waals surface area contributed by atoms with Gasteiger partial charge in [-0.2, -0.15) is 0 Å². The van der Waals surface area contributed by atoms with Crippen molar-refractivity contribution in [3.05, 3.63) is 85.2 Å². The number of nitrogens with zero attached hydrogens (tertiary/aromatic N) is 5. The zero-order valence-corrected chi connectivity index (χ0v) is 28.5. The van der Waals surface area contributed by atoms with Gasteiger partial charge < -0.3 is 25.0 Å². The average molecular weight is 664 g/mol. The molecule has 49 heavy (non-hydrogen) atoms. The predicted octanol–water partition coefficient (Wildman–Crippen LogP) is 6.47. The third-order valence-corrected chi connectivity index (χ3v) is 9.76. The number of anilines is 5. The van der Waals surface area contributed by atoms with E-state index in [9.17, 15) is 4.79 Å². The summed E-state index contributed by atoms with van der Waals surface area (Å²) in [6, 6.07) is 21.1. The summed E-state index contributed by atoms with van der Waals surface area (Å²) in [5, 5.41) is 10.7. The highest BCUT2D eigenvalue weighted by atomic mass is 16.7. The number of rotatable bonds is 9. The molecule has 4 heterocycles. The first kappa shape index (κ1) is 32.8. The second-order valence-electron chi connectivity index (χ2n) is 13.1.